The van der Waals surface area contributed by atoms with Crippen LogP contribution >= 0.6 is 0 Å². The van der Waals surface area contributed by atoms with Crippen LogP contribution in [-0.4, -0.2) is 45.8 Å². The van der Waals surface area contributed by atoms with Crippen LogP contribution in [-0.2, 0) is 19.5 Å². The van der Waals surface area contributed by atoms with Crippen molar-refractivity contribution in [3.63, 3.8) is 0 Å². The first-order valence-electron chi connectivity index (χ1n) is 10.2. The van der Waals surface area contributed by atoms with Crippen molar-refractivity contribution in [1.29, 1.82) is 0 Å². The number of aromatic nitrogens is 3. The molecule has 3 heterocycles. The molecular formula is C22H27N5O3. The molecule has 4 rings (SSSR count). The topological polar surface area (TPSA) is 85.4 Å². The van der Waals surface area contributed by atoms with E-state index in [-0.39, 0.29) is 11.9 Å². The number of furan rings is 1. The molecule has 2 aromatic heterocycles. The Morgan fingerprint density at radius 2 is 2.13 bits per heavy atom. The summed E-state index contributed by atoms with van der Waals surface area (Å²) in [6, 6.07) is 9.40. The maximum Gasteiger partial charge on any atom is 0.287 e. The van der Waals surface area contributed by atoms with Crippen LogP contribution < -0.4 is 10.1 Å². The van der Waals surface area contributed by atoms with Crippen molar-refractivity contribution in [3.8, 4) is 5.75 Å². The van der Waals surface area contributed by atoms with Gasteiger partial charge in [-0.25, -0.2) is 0 Å². The van der Waals surface area contributed by atoms with Crippen molar-refractivity contribution in [2.24, 2.45) is 0 Å². The van der Waals surface area contributed by atoms with Gasteiger partial charge >= 0.3 is 0 Å². The predicted molar refractivity (Wildman–Crippen MR) is 111 cm³/mol. The summed E-state index contributed by atoms with van der Waals surface area (Å²) in [7, 11) is 1.70. The summed E-state index contributed by atoms with van der Waals surface area (Å²) in [6.45, 7) is 7.45. The number of benzene rings is 1. The van der Waals surface area contributed by atoms with Gasteiger partial charge < -0.3 is 19.0 Å². The van der Waals surface area contributed by atoms with Crippen molar-refractivity contribution in [2.45, 2.75) is 39.4 Å². The lowest BCUT2D eigenvalue weighted by atomic mass is 10.1. The van der Waals surface area contributed by atoms with Gasteiger partial charge in [0.05, 0.1) is 19.4 Å². The van der Waals surface area contributed by atoms with Crippen LogP contribution in [0, 0.1) is 6.92 Å². The highest BCUT2D eigenvalue weighted by Gasteiger charge is 2.23. The van der Waals surface area contributed by atoms with E-state index >= 15 is 0 Å². The Morgan fingerprint density at radius 1 is 1.27 bits per heavy atom. The number of methoxy groups -OCH3 is 1. The average molecular weight is 409 g/mol. The monoisotopic (exact) mass is 409 g/mol. The minimum atomic E-state index is -0.264. The van der Waals surface area contributed by atoms with E-state index in [0.717, 1.165) is 55.6 Å². The van der Waals surface area contributed by atoms with Crippen molar-refractivity contribution in [3.05, 3.63) is 65.1 Å². The van der Waals surface area contributed by atoms with Crippen LogP contribution in [0.1, 0.15) is 46.3 Å². The molecule has 30 heavy (non-hydrogen) atoms. The number of amides is 1. The van der Waals surface area contributed by atoms with E-state index in [9.17, 15) is 4.79 Å². The van der Waals surface area contributed by atoms with Gasteiger partial charge in [0.1, 0.15) is 11.6 Å². The Balaban J connectivity index is 1.41. The van der Waals surface area contributed by atoms with E-state index < -0.39 is 0 Å². The van der Waals surface area contributed by atoms with E-state index in [4.69, 9.17) is 9.15 Å². The number of carbonyl (C=O) groups is 1. The fraction of sp³-hybridized carbons (Fsp3) is 0.409. The molecule has 0 aliphatic carbocycles. The number of carbonyl (C=O) groups excluding carboxylic acids is 1. The van der Waals surface area contributed by atoms with Crippen molar-refractivity contribution in [1.82, 2.24) is 25.0 Å². The molecular weight excluding hydrogens is 382 g/mol. The summed E-state index contributed by atoms with van der Waals surface area (Å²) in [5.74, 6) is 2.67. The number of rotatable bonds is 6. The third kappa shape index (κ3) is 4.23. The second kappa shape index (κ2) is 8.71. The summed E-state index contributed by atoms with van der Waals surface area (Å²) in [5, 5.41) is 11.7. The predicted octanol–water partition coefficient (Wildman–Crippen LogP) is 2.74. The molecule has 0 saturated heterocycles. The molecule has 1 amide bonds. The number of nitrogens with zero attached hydrogens (tertiary/aromatic N) is 4. The molecule has 0 saturated carbocycles. The fourth-order valence-corrected chi connectivity index (χ4v) is 3.90. The van der Waals surface area contributed by atoms with Gasteiger partial charge in [0, 0.05) is 32.6 Å². The Labute approximate surface area is 175 Å². The van der Waals surface area contributed by atoms with Gasteiger partial charge in [-0.05, 0) is 43.2 Å². The third-order valence-electron chi connectivity index (χ3n) is 5.49. The SMILES string of the molecule is COc1ccc(CN2CCc3nnc(C(C)NC(=O)c4ccco4)n3CC2)cc1C. The number of fused-ring (bicyclic) bond motifs is 1. The Bertz CT molecular complexity index is 1010. The largest absolute Gasteiger partial charge is 0.496 e. The van der Waals surface area contributed by atoms with E-state index in [0.29, 0.717) is 5.76 Å². The highest BCUT2D eigenvalue weighted by molar-refractivity contribution is 5.91. The van der Waals surface area contributed by atoms with Gasteiger partial charge in [-0.2, -0.15) is 0 Å². The Morgan fingerprint density at radius 3 is 2.87 bits per heavy atom. The highest BCUT2D eigenvalue weighted by Crippen LogP contribution is 2.21. The lowest BCUT2D eigenvalue weighted by Gasteiger charge is -2.20. The number of hydrogen-bond donors (Lipinski definition) is 1. The number of aryl methyl sites for hydroxylation is 1. The van der Waals surface area contributed by atoms with E-state index in [1.54, 1.807) is 19.2 Å². The summed E-state index contributed by atoms with van der Waals surface area (Å²) in [6.07, 6.45) is 2.31. The first kappa shape index (κ1) is 20.2. The standard InChI is InChI=1S/C22H27N5O3/c1-15-13-17(6-7-18(15)29-3)14-26-9-8-20-24-25-21(27(20)11-10-26)16(2)23-22(28)19-5-4-12-30-19/h4-7,12-13,16H,8-11,14H2,1-3H3,(H,23,28). The van der Waals surface area contributed by atoms with Crippen molar-refractivity contribution >= 4 is 5.91 Å². The molecule has 8 heteroatoms. The molecule has 1 N–H and O–H groups in total. The molecule has 0 fully saturated rings. The van der Waals surface area contributed by atoms with Crippen molar-refractivity contribution in [2.75, 3.05) is 20.2 Å². The first-order valence-corrected chi connectivity index (χ1v) is 10.2. The van der Waals surface area contributed by atoms with Crippen molar-refractivity contribution < 1.29 is 13.9 Å². The maximum atomic E-state index is 12.3. The molecule has 1 aromatic carbocycles. The molecule has 158 valence electrons. The average Bonchev–Trinajstić information content (AvgIpc) is 3.37. The zero-order chi connectivity index (χ0) is 21.1. The molecule has 1 aliphatic heterocycles. The molecule has 0 bridgehead atoms. The summed E-state index contributed by atoms with van der Waals surface area (Å²) in [5.41, 5.74) is 2.41. The van der Waals surface area contributed by atoms with E-state index in [2.05, 4.69) is 44.0 Å². The minimum absolute atomic E-state index is 0.255. The summed E-state index contributed by atoms with van der Waals surface area (Å²) < 4.78 is 12.7. The maximum absolute atomic E-state index is 12.3. The molecule has 0 radical (unpaired) electrons. The molecule has 1 unspecified atom stereocenters. The molecule has 1 atom stereocenters. The van der Waals surface area contributed by atoms with Gasteiger partial charge in [0.15, 0.2) is 11.6 Å². The van der Waals surface area contributed by atoms with Crippen LogP contribution in [0.5, 0.6) is 5.75 Å². The highest BCUT2D eigenvalue weighted by atomic mass is 16.5. The van der Waals surface area contributed by atoms with Crippen LogP contribution in [0.2, 0.25) is 0 Å². The number of hydrogen-bond acceptors (Lipinski definition) is 6. The summed E-state index contributed by atoms with van der Waals surface area (Å²) >= 11 is 0. The van der Waals surface area contributed by atoms with Gasteiger partial charge in [0.2, 0.25) is 0 Å². The summed E-state index contributed by atoms with van der Waals surface area (Å²) in [4.78, 5) is 14.7. The second-order valence-electron chi connectivity index (χ2n) is 7.63. The first-order chi connectivity index (χ1) is 14.5. The molecule has 1 aliphatic rings. The number of ether oxygens (including phenoxy) is 1. The Hall–Kier alpha value is -3.13. The molecule has 0 spiro atoms. The quantitative estimate of drug-likeness (QED) is 0.674. The normalized spacial score (nSPS) is 15.3. The third-order valence-corrected chi connectivity index (χ3v) is 5.49. The minimum Gasteiger partial charge on any atom is -0.496 e. The van der Waals surface area contributed by atoms with E-state index in [1.165, 1.54) is 11.8 Å². The van der Waals surface area contributed by atoms with Crippen LogP contribution in [0.3, 0.4) is 0 Å². The van der Waals surface area contributed by atoms with Crippen LogP contribution in [0.4, 0.5) is 0 Å². The lowest BCUT2D eigenvalue weighted by molar-refractivity contribution is 0.0909. The molecule has 8 nitrogen and oxygen atoms in total. The van der Waals surface area contributed by atoms with Gasteiger partial charge in [-0.3, -0.25) is 9.69 Å². The Kier molecular flexibility index (Phi) is 5.85. The van der Waals surface area contributed by atoms with Gasteiger partial charge in [-0.1, -0.05) is 12.1 Å². The number of nitrogens with one attached hydrogen (secondary N) is 1. The zero-order valence-electron chi connectivity index (χ0n) is 17.6. The zero-order valence-corrected chi connectivity index (χ0v) is 17.6. The van der Waals surface area contributed by atoms with E-state index in [1.807, 2.05) is 13.0 Å². The lowest BCUT2D eigenvalue weighted by Crippen LogP contribution is -2.30. The van der Waals surface area contributed by atoms with Gasteiger partial charge in [-0.15, -0.1) is 10.2 Å². The smallest absolute Gasteiger partial charge is 0.287 e. The second-order valence-corrected chi connectivity index (χ2v) is 7.63. The van der Waals surface area contributed by atoms with Crippen LogP contribution in [0.15, 0.2) is 41.0 Å². The van der Waals surface area contributed by atoms with Gasteiger partial charge in [0.25, 0.3) is 5.91 Å². The molecule has 3 aromatic rings. The van der Waals surface area contributed by atoms with Crippen LogP contribution in [0.25, 0.3) is 0 Å². The fourth-order valence-electron chi connectivity index (χ4n) is 3.90.